The van der Waals surface area contributed by atoms with Crippen LogP contribution in [0.5, 0.6) is 5.75 Å². The molecule has 3 N–H and O–H groups in total. The maximum atomic E-state index is 12.7. The Morgan fingerprint density at radius 1 is 1.15 bits per heavy atom. The molecule has 2 aromatic carbocycles. The first-order valence-electron chi connectivity index (χ1n) is 8.27. The monoisotopic (exact) mass is 373 g/mol. The third-order valence-corrected chi connectivity index (χ3v) is 4.41. The van der Waals surface area contributed by atoms with Crippen LogP contribution in [0.15, 0.2) is 54.7 Å². The van der Waals surface area contributed by atoms with Gasteiger partial charge in [-0.2, -0.15) is 0 Å². The molecule has 0 saturated heterocycles. The molecule has 26 heavy (non-hydrogen) atoms. The highest BCUT2D eigenvalue weighted by molar-refractivity contribution is 5.86. The first kappa shape index (κ1) is 19.8. The fourth-order valence-corrected chi connectivity index (χ4v) is 3.07. The first-order chi connectivity index (χ1) is 12.1. The lowest BCUT2D eigenvalue weighted by molar-refractivity contribution is -0.131. The number of aromatic amines is 1. The van der Waals surface area contributed by atoms with Gasteiger partial charge in [-0.25, -0.2) is 0 Å². The number of fused-ring (bicyclic) bond motifs is 1. The molecule has 138 valence electrons. The Morgan fingerprint density at radius 3 is 2.62 bits per heavy atom. The van der Waals surface area contributed by atoms with Crippen LogP contribution in [0.2, 0.25) is 0 Å². The molecule has 0 bridgehead atoms. The topological polar surface area (TPSA) is 71.3 Å². The molecule has 0 unspecified atom stereocenters. The van der Waals surface area contributed by atoms with E-state index in [1.165, 1.54) is 0 Å². The van der Waals surface area contributed by atoms with Gasteiger partial charge in [-0.15, -0.1) is 12.4 Å². The summed E-state index contributed by atoms with van der Waals surface area (Å²) in [5.41, 5.74) is 9.26. The zero-order valence-electron chi connectivity index (χ0n) is 14.9. The first-order valence-corrected chi connectivity index (χ1v) is 8.27. The van der Waals surface area contributed by atoms with E-state index in [9.17, 15) is 4.79 Å². The Balaban J connectivity index is 0.00000243. The Bertz CT molecular complexity index is 878. The van der Waals surface area contributed by atoms with Crippen molar-refractivity contribution >= 4 is 29.2 Å². The molecule has 1 heterocycles. The second-order valence-electron chi connectivity index (χ2n) is 6.18. The van der Waals surface area contributed by atoms with Gasteiger partial charge in [0.05, 0.1) is 13.2 Å². The smallest absolute Gasteiger partial charge is 0.239 e. The van der Waals surface area contributed by atoms with E-state index in [0.29, 0.717) is 13.0 Å². The van der Waals surface area contributed by atoms with Crippen LogP contribution in [0.1, 0.15) is 11.1 Å². The van der Waals surface area contributed by atoms with Gasteiger partial charge in [0.15, 0.2) is 0 Å². The second kappa shape index (κ2) is 8.74. The lowest BCUT2D eigenvalue weighted by Gasteiger charge is -2.22. The Labute approximate surface area is 159 Å². The van der Waals surface area contributed by atoms with Crippen LogP contribution in [0.25, 0.3) is 10.9 Å². The number of carbonyl (C=O) groups excluding carboxylic acids is 1. The quantitative estimate of drug-likeness (QED) is 0.697. The third-order valence-electron chi connectivity index (χ3n) is 4.41. The number of halogens is 1. The molecule has 6 heteroatoms. The average Bonchev–Trinajstić information content (AvgIpc) is 3.04. The van der Waals surface area contributed by atoms with Gasteiger partial charge in [0.1, 0.15) is 5.75 Å². The van der Waals surface area contributed by atoms with Crippen LogP contribution in [0.3, 0.4) is 0 Å². The molecule has 1 amide bonds. The van der Waals surface area contributed by atoms with E-state index in [-0.39, 0.29) is 18.3 Å². The molecule has 0 radical (unpaired) electrons. The summed E-state index contributed by atoms with van der Waals surface area (Å²) < 4.78 is 5.35. The van der Waals surface area contributed by atoms with Gasteiger partial charge in [-0.05, 0) is 24.1 Å². The number of benzene rings is 2. The third kappa shape index (κ3) is 4.18. The number of ether oxygens (including phenoxy) is 1. The van der Waals surface area contributed by atoms with Crippen LogP contribution in [-0.4, -0.2) is 36.0 Å². The SMILES string of the molecule is COc1ccccc1CN(C)C(=O)[C@@H](N)Cc1c[nH]c2ccccc12.Cl. The zero-order chi connectivity index (χ0) is 17.8. The highest BCUT2D eigenvalue weighted by Gasteiger charge is 2.20. The number of nitrogens with zero attached hydrogens (tertiary/aromatic N) is 1. The van der Waals surface area contributed by atoms with Crippen molar-refractivity contribution in [1.82, 2.24) is 9.88 Å². The van der Waals surface area contributed by atoms with Gasteiger partial charge >= 0.3 is 0 Å². The zero-order valence-corrected chi connectivity index (χ0v) is 15.8. The maximum absolute atomic E-state index is 12.7. The molecular weight excluding hydrogens is 350 g/mol. The Hall–Kier alpha value is -2.50. The summed E-state index contributed by atoms with van der Waals surface area (Å²) >= 11 is 0. The van der Waals surface area contributed by atoms with Crippen molar-refractivity contribution in [3.63, 3.8) is 0 Å². The van der Waals surface area contributed by atoms with Crippen LogP contribution >= 0.6 is 12.4 Å². The summed E-state index contributed by atoms with van der Waals surface area (Å²) in [5.74, 6) is 0.684. The van der Waals surface area contributed by atoms with Crippen LogP contribution < -0.4 is 10.5 Å². The van der Waals surface area contributed by atoms with Crippen LogP contribution in [0.4, 0.5) is 0 Å². The lowest BCUT2D eigenvalue weighted by Crippen LogP contribution is -2.42. The molecule has 3 rings (SSSR count). The molecule has 0 aliphatic rings. The summed E-state index contributed by atoms with van der Waals surface area (Å²) in [5, 5.41) is 1.11. The number of nitrogens with two attached hydrogens (primary N) is 1. The molecule has 0 aliphatic heterocycles. The minimum absolute atomic E-state index is 0. The van der Waals surface area contributed by atoms with E-state index in [2.05, 4.69) is 4.98 Å². The predicted octanol–water partition coefficient (Wildman–Crippen LogP) is 3.13. The number of likely N-dealkylation sites (N-methyl/N-ethyl adjacent to an activating group) is 1. The molecule has 0 fully saturated rings. The van der Waals surface area contributed by atoms with Crippen molar-refractivity contribution in [1.29, 1.82) is 0 Å². The average molecular weight is 374 g/mol. The fourth-order valence-electron chi connectivity index (χ4n) is 3.07. The highest BCUT2D eigenvalue weighted by atomic mass is 35.5. The number of hydrogen-bond donors (Lipinski definition) is 2. The summed E-state index contributed by atoms with van der Waals surface area (Å²) in [6.45, 7) is 0.463. The number of carbonyl (C=O) groups is 1. The van der Waals surface area contributed by atoms with E-state index < -0.39 is 6.04 Å². The summed E-state index contributed by atoms with van der Waals surface area (Å²) in [4.78, 5) is 17.5. The van der Waals surface area contributed by atoms with Crippen LogP contribution in [-0.2, 0) is 17.8 Å². The van der Waals surface area contributed by atoms with Crippen molar-refractivity contribution in [2.75, 3.05) is 14.2 Å². The second-order valence-corrected chi connectivity index (χ2v) is 6.18. The highest BCUT2D eigenvalue weighted by Crippen LogP contribution is 2.21. The number of hydrogen-bond acceptors (Lipinski definition) is 3. The van der Waals surface area contributed by atoms with E-state index in [4.69, 9.17) is 10.5 Å². The predicted molar refractivity (Wildman–Crippen MR) is 107 cm³/mol. The Morgan fingerprint density at radius 2 is 1.85 bits per heavy atom. The van der Waals surface area contributed by atoms with Crippen molar-refractivity contribution in [2.24, 2.45) is 5.73 Å². The van der Waals surface area contributed by atoms with Crippen molar-refractivity contribution in [3.8, 4) is 5.75 Å². The van der Waals surface area contributed by atoms with E-state index in [0.717, 1.165) is 27.8 Å². The number of aromatic nitrogens is 1. The maximum Gasteiger partial charge on any atom is 0.239 e. The minimum Gasteiger partial charge on any atom is -0.496 e. The van der Waals surface area contributed by atoms with Gasteiger partial charge < -0.3 is 20.4 Å². The summed E-state index contributed by atoms with van der Waals surface area (Å²) in [7, 11) is 3.40. The molecule has 0 saturated carbocycles. The number of nitrogens with one attached hydrogen (secondary N) is 1. The molecule has 5 nitrogen and oxygen atoms in total. The molecule has 0 spiro atoms. The lowest BCUT2D eigenvalue weighted by atomic mass is 10.0. The van der Waals surface area contributed by atoms with E-state index in [1.807, 2.05) is 54.7 Å². The van der Waals surface area contributed by atoms with Crippen LogP contribution in [0, 0.1) is 0 Å². The Kier molecular flexibility index (Phi) is 6.66. The molecule has 1 aromatic heterocycles. The normalized spacial score (nSPS) is 11.7. The van der Waals surface area contributed by atoms with Gasteiger partial charge in [-0.3, -0.25) is 4.79 Å². The number of para-hydroxylation sites is 2. The summed E-state index contributed by atoms with van der Waals surface area (Å²) in [6.07, 6.45) is 2.43. The largest absolute Gasteiger partial charge is 0.496 e. The summed E-state index contributed by atoms with van der Waals surface area (Å²) in [6, 6.07) is 15.1. The molecular formula is C20H24ClN3O2. The van der Waals surface area contributed by atoms with Crippen molar-refractivity contribution in [2.45, 2.75) is 19.0 Å². The van der Waals surface area contributed by atoms with Gasteiger partial charge in [0, 0.05) is 36.3 Å². The van der Waals surface area contributed by atoms with E-state index in [1.54, 1.807) is 19.1 Å². The van der Waals surface area contributed by atoms with Gasteiger partial charge in [0.25, 0.3) is 0 Å². The number of rotatable bonds is 6. The number of amides is 1. The minimum atomic E-state index is -0.584. The molecule has 1 atom stereocenters. The van der Waals surface area contributed by atoms with Gasteiger partial charge in [0.2, 0.25) is 5.91 Å². The van der Waals surface area contributed by atoms with Crippen molar-refractivity contribution in [3.05, 3.63) is 65.9 Å². The number of methoxy groups -OCH3 is 1. The standard InChI is InChI=1S/C20H23N3O2.ClH/c1-23(13-14-7-3-6-10-19(14)25-2)20(24)17(21)11-15-12-22-18-9-5-4-8-16(15)18;/h3-10,12,17,22H,11,13,21H2,1-2H3;1H/t17-;/m0./s1. The van der Waals surface area contributed by atoms with Crippen molar-refractivity contribution < 1.29 is 9.53 Å². The van der Waals surface area contributed by atoms with Gasteiger partial charge in [-0.1, -0.05) is 36.4 Å². The number of H-pyrrole nitrogens is 1. The van der Waals surface area contributed by atoms with E-state index >= 15 is 0 Å². The molecule has 3 aromatic rings. The molecule has 0 aliphatic carbocycles. The fraction of sp³-hybridized carbons (Fsp3) is 0.250.